The van der Waals surface area contributed by atoms with Gasteiger partial charge in [0, 0.05) is 39.3 Å². The zero-order valence-corrected chi connectivity index (χ0v) is 17.2. The van der Waals surface area contributed by atoms with Crippen molar-refractivity contribution >= 4 is 17.6 Å². The molecule has 1 aromatic rings. The molecular formula is C19H30N5O5. The van der Waals surface area contributed by atoms with Crippen LogP contribution in [0.25, 0.3) is 0 Å². The number of aromatic nitrogens is 1. The molecule has 1 aliphatic rings. The van der Waals surface area contributed by atoms with Crippen molar-refractivity contribution < 1.29 is 25.0 Å². The highest BCUT2D eigenvalue weighted by Gasteiger charge is 2.24. The highest BCUT2D eigenvalue weighted by molar-refractivity contribution is 5.69. The summed E-state index contributed by atoms with van der Waals surface area (Å²) >= 11 is 0. The summed E-state index contributed by atoms with van der Waals surface area (Å²) in [6, 6.07) is 3.36. The molecule has 29 heavy (non-hydrogen) atoms. The summed E-state index contributed by atoms with van der Waals surface area (Å²) in [7, 11) is 0. The summed E-state index contributed by atoms with van der Waals surface area (Å²) in [4.78, 5) is 30.5. The number of nitrogens with zero attached hydrogens (tertiary/aromatic N) is 4. The normalized spacial score (nSPS) is 17.2. The van der Waals surface area contributed by atoms with Gasteiger partial charge in [-0.05, 0) is 32.9 Å². The minimum absolute atomic E-state index is 0.131. The molecule has 0 unspecified atom stereocenters. The average molecular weight is 408 g/mol. The topological polar surface area (TPSA) is 129 Å². The molecule has 0 saturated heterocycles. The van der Waals surface area contributed by atoms with Crippen molar-refractivity contribution in [1.29, 1.82) is 0 Å². The van der Waals surface area contributed by atoms with E-state index in [-0.39, 0.29) is 26.2 Å². The molecule has 2 heterocycles. The van der Waals surface area contributed by atoms with Crippen LogP contribution in [0.1, 0.15) is 32.2 Å². The zero-order valence-electron chi connectivity index (χ0n) is 17.2. The average Bonchev–Trinajstić information content (AvgIpc) is 2.57. The fourth-order valence-electron chi connectivity index (χ4n) is 3.17. The van der Waals surface area contributed by atoms with Crippen LogP contribution in [0, 0.1) is 0 Å². The maximum Gasteiger partial charge on any atom is 0.317 e. The first-order valence-electron chi connectivity index (χ1n) is 9.61. The molecule has 3 N–H and O–H groups in total. The molecule has 0 aliphatic carbocycles. The number of carboxylic acid groups (broad SMARTS) is 2. The van der Waals surface area contributed by atoms with Crippen LogP contribution in [0.15, 0.2) is 12.1 Å². The Labute approximate surface area is 170 Å². The number of hydroxylamine groups is 1. The van der Waals surface area contributed by atoms with Gasteiger partial charge in [-0.1, -0.05) is 5.21 Å². The summed E-state index contributed by atoms with van der Waals surface area (Å²) in [5.74, 6) is -1.86. The van der Waals surface area contributed by atoms with E-state index in [2.05, 4.69) is 10.3 Å². The van der Waals surface area contributed by atoms with Gasteiger partial charge in [0.15, 0.2) is 0 Å². The number of hydrogen-bond acceptors (Lipinski definition) is 7. The van der Waals surface area contributed by atoms with E-state index in [1.54, 1.807) is 42.7 Å². The quantitative estimate of drug-likeness (QED) is 0.593. The number of carbonyl (C=O) groups is 2. The highest BCUT2D eigenvalue weighted by Crippen LogP contribution is 2.24. The first kappa shape index (κ1) is 23.0. The lowest BCUT2D eigenvalue weighted by molar-refractivity contribution is -0.139. The number of hydrogen-bond donors (Lipinski definition) is 3. The Morgan fingerprint density at radius 2 is 1.48 bits per heavy atom. The van der Waals surface area contributed by atoms with Gasteiger partial charge >= 0.3 is 11.9 Å². The number of fused-ring (bicyclic) bond motifs is 2. The van der Waals surface area contributed by atoms with Crippen molar-refractivity contribution in [3.63, 3.8) is 0 Å². The Hall–Kier alpha value is -2.27. The Bertz CT molecular complexity index is 675. The molecule has 2 rings (SSSR count). The Morgan fingerprint density at radius 3 is 1.86 bits per heavy atom. The lowest BCUT2D eigenvalue weighted by atomic mass is 10.1. The van der Waals surface area contributed by atoms with Crippen LogP contribution in [-0.4, -0.2) is 81.7 Å². The van der Waals surface area contributed by atoms with E-state index in [9.17, 15) is 25.0 Å². The van der Waals surface area contributed by atoms with E-state index in [0.29, 0.717) is 43.3 Å². The highest BCUT2D eigenvalue weighted by atomic mass is 16.5. The van der Waals surface area contributed by atoms with Gasteiger partial charge in [-0.3, -0.25) is 24.4 Å². The Balaban J connectivity index is 2.40. The molecule has 1 radical (unpaired) electrons. The van der Waals surface area contributed by atoms with Crippen LogP contribution >= 0.6 is 0 Å². The second-order valence-corrected chi connectivity index (χ2v) is 8.23. The fourth-order valence-corrected chi connectivity index (χ4v) is 3.17. The molecule has 161 valence electrons. The van der Waals surface area contributed by atoms with Gasteiger partial charge in [-0.15, -0.1) is 0 Å². The number of rotatable bonds is 5. The van der Waals surface area contributed by atoms with Gasteiger partial charge in [0.2, 0.25) is 0 Å². The van der Waals surface area contributed by atoms with E-state index >= 15 is 0 Å². The van der Waals surface area contributed by atoms with Gasteiger partial charge in [-0.2, -0.15) is 0 Å². The maximum atomic E-state index is 12.8. The number of nitrogens with one attached hydrogen (secondary N) is 1. The smallest absolute Gasteiger partial charge is 0.317 e. The minimum atomic E-state index is -0.929. The number of aliphatic carboxylic acids is 2. The number of carboxylic acids is 2. The number of anilines is 1. The first-order valence-corrected chi connectivity index (χ1v) is 9.61. The SMILES string of the molecule is CC(C)(C)N([O])c1cc2nc(c1)CN(CC(=O)O)CCNCCN(CC(=O)O)C2. The molecule has 1 aliphatic heterocycles. The van der Waals surface area contributed by atoms with Crippen LogP contribution in [-0.2, 0) is 27.9 Å². The van der Waals surface area contributed by atoms with Crippen LogP contribution in [0.4, 0.5) is 5.69 Å². The third-order valence-electron chi connectivity index (χ3n) is 4.46. The molecule has 0 saturated carbocycles. The van der Waals surface area contributed by atoms with Crippen molar-refractivity contribution in [1.82, 2.24) is 20.1 Å². The van der Waals surface area contributed by atoms with Gasteiger partial charge < -0.3 is 15.5 Å². The van der Waals surface area contributed by atoms with Crippen LogP contribution in [0.3, 0.4) is 0 Å². The number of pyridine rings is 1. The third kappa shape index (κ3) is 7.58. The second kappa shape index (κ2) is 9.97. The van der Waals surface area contributed by atoms with E-state index in [1.807, 2.05) is 0 Å². The summed E-state index contributed by atoms with van der Waals surface area (Å²) < 4.78 is 0. The molecule has 0 amide bonds. The van der Waals surface area contributed by atoms with Crippen LogP contribution in [0.2, 0.25) is 0 Å². The summed E-state index contributed by atoms with van der Waals surface area (Å²) in [5.41, 5.74) is 0.935. The molecular weight excluding hydrogens is 378 g/mol. The van der Waals surface area contributed by atoms with E-state index in [0.717, 1.165) is 5.06 Å². The third-order valence-corrected chi connectivity index (χ3v) is 4.46. The van der Waals surface area contributed by atoms with Crippen molar-refractivity contribution in [2.45, 2.75) is 39.4 Å². The van der Waals surface area contributed by atoms with E-state index in [4.69, 9.17) is 0 Å². The lowest BCUT2D eigenvalue weighted by Gasteiger charge is -2.30. The van der Waals surface area contributed by atoms with Gasteiger partial charge in [0.1, 0.15) is 0 Å². The fraction of sp³-hybridized carbons (Fsp3) is 0.632. The molecule has 10 heteroatoms. The summed E-state index contributed by atoms with van der Waals surface area (Å²) in [6.07, 6.45) is 0. The Kier molecular flexibility index (Phi) is 7.91. The predicted molar refractivity (Wildman–Crippen MR) is 106 cm³/mol. The monoisotopic (exact) mass is 408 g/mol. The van der Waals surface area contributed by atoms with Gasteiger partial charge in [0.05, 0.1) is 35.7 Å². The molecule has 0 aromatic carbocycles. The Morgan fingerprint density at radius 1 is 1.03 bits per heavy atom. The summed E-state index contributed by atoms with van der Waals surface area (Å²) in [5, 5.41) is 35.3. The van der Waals surface area contributed by atoms with Gasteiger partial charge in [0.25, 0.3) is 0 Å². The molecule has 0 fully saturated rings. The second-order valence-electron chi connectivity index (χ2n) is 8.23. The van der Waals surface area contributed by atoms with Gasteiger partial charge in [-0.25, -0.2) is 5.06 Å². The molecule has 2 bridgehead atoms. The van der Waals surface area contributed by atoms with E-state index in [1.165, 1.54) is 0 Å². The van der Waals surface area contributed by atoms with Crippen molar-refractivity contribution in [2.24, 2.45) is 0 Å². The first-order chi connectivity index (χ1) is 13.5. The zero-order chi connectivity index (χ0) is 21.6. The van der Waals surface area contributed by atoms with Crippen molar-refractivity contribution in [3.8, 4) is 0 Å². The molecule has 1 aromatic heterocycles. The molecule has 10 nitrogen and oxygen atoms in total. The standard InChI is InChI=1S/C19H30N5O5/c1-19(2,3)24(29)16-8-14-10-22(12-17(25)26)6-4-20-5-7-23(13-18(27)28)11-15(9-16)21-14/h8-9,20H,4-7,10-13H2,1-3H3,(H,25,26)(H,27,28). The predicted octanol–water partition coefficient (Wildman–Crippen LogP) is 0.408. The largest absolute Gasteiger partial charge is 0.480 e. The van der Waals surface area contributed by atoms with Crippen molar-refractivity contribution in [3.05, 3.63) is 23.5 Å². The molecule has 0 spiro atoms. The maximum absolute atomic E-state index is 12.8. The van der Waals surface area contributed by atoms with Crippen molar-refractivity contribution in [2.75, 3.05) is 44.3 Å². The van der Waals surface area contributed by atoms with Crippen LogP contribution in [0.5, 0.6) is 0 Å². The van der Waals surface area contributed by atoms with E-state index < -0.39 is 17.5 Å². The summed E-state index contributed by atoms with van der Waals surface area (Å²) in [6.45, 7) is 7.83. The molecule has 0 atom stereocenters. The van der Waals surface area contributed by atoms with Crippen LogP contribution < -0.4 is 10.4 Å². The minimum Gasteiger partial charge on any atom is -0.480 e. The lowest BCUT2D eigenvalue weighted by Crippen LogP contribution is -2.41.